The summed E-state index contributed by atoms with van der Waals surface area (Å²) in [6.45, 7) is 8.49. The van der Waals surface area contributed by atoms with E-state index < -0.39 is 0 Å². The molecule has 128 valence electrons. The van der Waals surface area contributed by atoms with Gasteiger partial charge in [0.2, 0.25) is 5.91 Å². The molecule has 1 saturated heterocycles. The molecule has 0 unspecified atom stereocenters. The third-order valence-electron chi connectivity index (χ3n) is 4.48. The molecule has 1 aromatic carbocycles. The minimum absolute atomic E-state index is 0.137. The normalized spacial score (nSPS) is 15.7. The monoisotopic (exact) mass is 347 g/mol. The molecule has 1 aliphatic rings. The van der Waals surface area contributed by atoms with Crippen LogP contribution in [0.3, 0.4) is 0 Å². The molecule has 0 spiro atoms. The van der Waals surface area contributed by atoms with E-state index in [0.29, 0.717) is 17.0 Å². The van der Waals surface area contributed by atoms with Gasteiger partial charge in [0.15, 0.2) is 0 Å². The van der Waals surface area contributed by atoms with Crippen LogP contribution in [-0.4, -0.2) is 53.4 Å². The average Bonchev–Trinajstić information content (AvgIpc) is 2.95. The van der Waals surface area contributed by atoms with Gasteiger partial charge in [0.25, 0.3) is 0 Å². The summed E-state index contributed by atoms with van der Waals surface area (Å²) in [7, 11) is 0. The van der Waals surface area contributed by atoms with Crippen molar-refractivity contribution in [3.05, 3.63) is 40.7 Å². The van der Waals surface area contributed by atoms with Crippen molar-refractivity contribution in [2.45, 2.75) is 20.3 Å². The van der Waals surface area contributed by atoms with E-state index in [1.807, 2.05) is 11.8 Å². The third kappa shape index (κ3) is 3.65. The van der Waals surface area contributed by atoms with Crippen molar-refractivity contribution in [1.82, 2.24) is 14.8 Å². The van der Waals surface area contributed by atoms with Crippen molar-refractivity contribution >= 4 is 17.2 Å². The van der Waals surface area contributed by atoms with Gasteiger partial charge in [-0.2, -0.15) is 0 Å². The molecule has 0 atom stereocenters. The number of likely N-dealkylation sites (N-methyl/N-ethyl adjacent to an activating group) is 1. The van der Waals surface area contributed by atoms with E-state index in [1.165, 1.54) is 17.4 Å². The molecule has 0 bridgehead atoms. The number of halogens is 1. The van der Waals surface area contributed by atoms with Crippen LogP contribution >= 0.6 is 11.3 Å². The van der Waals surface area contributed by atoms with Gasteiger partial charge in [0, 0.05) is 36.6 Å². The first-order valence-corrected chi connectivity index (χ1v) is 9.11. The maximum Gasteiger partial charge on any atom is 0.227 e. The highest BCUT2D eigenvalue weighted by Crippen LogP contribution is 2.30. The van der Waals surface area contributed by atoms with Gasteiger partial charge in [0.05, 0.1) is 12.1 Å². The van der Waals surface area contributed by atoms with Gasteiger partial charge in [-0.15, -0.1) is 11.3 Å². The fourth-order valence-electron chi connectivity index (χ4n) is 2.90. The van der Waals surface area contributed by atoms with Crippen molar-refractivity contribution in [3.63, 3.8) is 0 Å². The Morgan fingerprint density at radius 2 is 1.96 bits per heavy atom. The molecule has 1 amide bonds. The highest BCUT2D eigenvalue weighted by Gasteiger charge is 2.22. The first-order chi connectivity index (χ1) is 11.6. The number of piperazine rings is 1. The molecular weight excluding hydrogens is 325 g/mol. The Morgan fingerprint density at radius 1 is 1.25 bits per heavy atom. The molecule has 24 heavy (non-hydrogen) atoms. The molecule has 2 aromatic rings. The second kappa shape index (κ2) is 7.40. The summed E-state index contributed by atoms with van der Waals surface area (Å²) >= 11 is 1.42. The minimum Gasteiger partial charge on any atom is -0.340 e. The van der Waals surface area contributed by atoms with Crippen molar-refractivity contribution in [3.8, 4) is 10.6 Å². The second-order valence-corrected chi connectivity index (χ2v) is 7.08. The predicted molar refractivity (Wildman–Crippen MR) is 94.6 cm³/mol. The summed E-state index contributed by atoms with van der Waals surface area (Å²) in [6, 6.07) is 6.63. The number of aryl methyl sites for hydroxylation is 1. The standard InChI is InChI=1S/C18H22FN3OS/c1-3-21-8-10-22(11-9-21)17(23)12-16-13(2)20-18(24-16)14-6-4-5-7-15(14)19/h4-7H,3,8-12H2,1-2H3. The molecule has 1 aliphatic heterocycles. The zero-order valence-corrected chi connectivity index (χ0v) is 14.9. The Labute approximate surface area is 145 Å². The summed E-state index contributed by atoms with van der Waals surface area (Å²) in [5, 5.41) is 0.643. The van der Waals surface area contributed by atoms with Gasteiger partial charge in [0.1, 0.15) is 10.8 Å². The van der Waals surface area contributed by atoms with Crippen LogP contribution in [0, 0.1) is 12.7 Å². The van der Waals surface area contributed by atoms with Crippen molar-refractivity contribution in [1.29, 1.82) is 0 Å². The van der Waals surface area contributed by atoms with Gasteiger partial charge < -0.3 is 9.80 Å². The Morgan fingerprint density at radius 3 is 2.62 bits per heavy atom. The van der Waals surface area contributed by atoms with Crippen LogP contribution in [0.4, 0.5) is 4.39 Å². The second-order valence-electron chi connectivity index (χ2n) is 6.00. The zero-order valence-electron chi connectivity index (χ0n) is 14.1. The largest absolute Gasteiger partial charge is 0.340 e. The van der Waals surface area contributed by atoms with Crippen LogP contribution in [0.1, 0.15) is 17.5 Å². The van der Waals surface area contributed by atoms with Gasteiger partial charge in [-0.05, 0) is 25.6 Å². The lowest BCUT2D eigenvalue weighted by atomic mass is 10.2. The van der Waals surface area contributed by atoms with Crippen molar-refractivity contribution < 1.29 is 9.18 Å². The predicted octanol–water partition coefficient (Wildman–Crippen LogP) is 2.96. The quantitative estimate of drug-likeness (QED) is 0.853. The van der Waals surface area contributed by atoms with E-state index in [1.54, 1.807) is 18.2 Å². The summed E-state index contributed by atoms with van der Waals surface area (Å²) in [4.78, 5) is 22.2. The van der Waals surface area contributed by atoms with Crippen LogP contribution < -0.4 is 0 Å². The number of aromatic nitrogens is 1. The molecule has 0 N–H and O–H groups in total. The summed E-state index contributed by atoms with van der Waals surface area (Å²) < 4.78 is 13.9. The van der Waals surface area contributed by atoms with Gasteiger partial charge in [-0.1, -0.05) is 19.1 Å². The molecule has 0 aliphatic carbocycles. The Kier molecular flexibility index (Phi) is 5.26. The maximum absolute atomic E-state index is 13.9. The fraction of sp³-hybridized carbons (Fsp3) is 0.444. The van der Waals surface area contributed by atoms with E-state index in [0.717, 1.165) is 43.3 Å². The number of thiazole rings is 1. The van der Waals surface area contributed by atoms with Gasteiger partial charge in [-0.3, -0.25) is 4.79 Å². The number of hydrogen-bond donors (Lipinski definition) is 0. The molecule has 2 heterocycles. The van der Waals surface area contributed by atoms with E-state index >= 15 is 0 Å². The summed E-state index contributed by atoms with van der Waals surface area (Å²) in [5.74, 6) is -0.141. The van der Waals surface area contributed by atoms with Crippen molar-refractivity contribution in [2.75, 3.05) is 32.7 Å². The molecule has 4 nitrogen and oxygen atoms in total. The van der Waals surface area contributed by atoms with E-state index in [9.17, 15) is 9.18 Å². The lowest BCUT2D eigenvalue weighted by Gasteiger charge is -2.34. The highest BCUT2D eigenvalue weighted by atomic mass is 32.1. The van der Waals surface area contributed by atoms with Gasteiger partial charge in [-0.25, -0.2) is 9.37 Å². The Hall–Kier alpha value is -1.79. The minimum atomic E-state index is -0.278. The lowest BCUT2D eigenvalue weighted by Crippen LogP contribution is -2.48. The number of rotatable bonds is 4. The molecule has 6 heteroatoms. The molecule has 1 fully saturated rings. The van der Waals surface area contributed by atoms with Gasteiger partial charge >= 0.3 is 0 Å². The van der Waals surface area contributed by atoms with Crippen LogP contribution in [0.2, 0.25) is 0 Å². The zero-order chi connectivity index (χ0) is 17.1. The molecule has 1 aromatic heterocycles. The van der Waals surface area contributed by atoms with E-state index in [-0.39, 0.29) is 11.7 Å². The summed E-state index contributed by atoms with van der Waals surface area (Å²) in [5.41, 5.74) is 1.32. The Bertz CT molecular complexity index is 723. The number of carbonyl (C=O) groups excluding carboxylic acids is 1. The third-order valence-corrected chi connectivity index (χ3v) is 5.67. The number of amides is 1. The first kappa shape index (κ1) is 17.0. The lowest BCUT2D eigenvalue weighted by molar-refractivity contribution is -0.132. The topological polar surface area (TPSA) is 36.4 Å². The van der Waals surface area contributed by atoms with E-state index in [4.69, 9.17) is 0 Å². The molecular formula is C18H22FN3OS. The highest BCUT2D eigenvalue weighted by molar-refractivity contribution is 7.15. The number of benzene rings is 1. The van der Waals surface area contributed by atoms with Crippen LogP contribution in [0.5, 0.6) is 0 Å². The average molecular weight is 347 g/mol. The first-order valence-electron chi connectivity index (χ1n) is 8.29. The fourth-order valence-corrected chi connectivity index (χ4v) is 3.99. The van der Waals surface area contributed by atoms with Crippen LogP contribution in [0.15, 0.2) is 24.3 Å². The van der Waals surface area contributed by atoms with Crippen LogP contribution in [0.25, 0.3) is 10.6 Å². The van der Waals surface area contributed by atoms with E-state index in [2.05, 4.69) is 16.8 Å². The SMILES string of the molecule is CCN1CCN(C(=O)Cc2sc(-c3ccccc3F)nc2C)CC1. The van der Waals surface area contributed by atoms with Crippen molar-refractivity contribution in [2.24, 2.45) is 0 Å². The number of carbonyl (C=O) groups is 1. The smallest absolute Gasteiger partial charge is 0.227 e. The number of nitrogens with zero attached hydrogens (tertiary/aromatic N) is 3. The Balaban J connectivity index is 1.70. The molecule has 3 rings (SSSR count). The summed E-state index contributed by atoms with van der Waals surface area (Å²) in [6.07, 6.45) is 0.351. The maximum atomic E-state index is 13.9. The number of hydrogen-bond acceptors (Lipinski definition) is 4. The van der Waals surface area contributed by atoms with Crippen LogP contribution in [-0.2, 0) is 11.2 Å². The molecule has 0 radical (unpaired) electrons. The molecule has 0 saturated carbocycles.